The van der Waals surface area contributed by atoms with Gasteiger partial charge in [-0.15, -0.1) is 0 Å². The van der Waals surface area contributed by atoms with Crippen molar-refractivity contribution in [1.82, 2.24) is 0 Å². The molecular weight excluding hydrogens is 195 g/mol. The van der Waals surface area contributed by atoms with Gasteiger partial charge in [0.1, 0.15) is 0 Å². The van der Waals surface area contributed by atoms with Crippen LogP contribution in [-0.4, -0.2) is 37.9 Å². The highest BCUT2D eigenvalue weighted by molar-refractivity contribution is 7.54. The fourth-order valence-electron chi connectivity index (χ4n) is 0.810. The van der Waals surface area contributed by atoms with Gasteiger partial charge in [0, 0.05) is 7.11 Å². The molecule has 0 saturated carbocycles. The van der Waals surface area contributed by atoms with E-state index in [2.05, 4.69) is 4.74 Å². The average Bonchev–Trinajstić information content (AvgIpc) is 2.05. The average molecular weight is 212 g/mol. The predicted octanol–water partition coefficient (Wildman–Crippen LogP) is 1.22. The number of ether oxygens (including phenoxy) is 1. The lowest BCUT2D eigenvalue weighted by Gasteiger charge is -2.21. The maximum Gasteiger partial charge on any atom is 0.361 e. The molecule has 0 aliphatic heterocycles. The molecule has 0 fully saturated rings. The molecule has 1 atom stereocenters. The van der Waals surface area contributed by atoms with E-state index in [-0.39, 0.29) is 19.8 Å². The van der Waals surface area contributed by atoms with Crippen molar-refractivity contribution in [3.05, 3.63) is 0 Å². The fourth-order valence-corrected chi connectivity index (χ4v) is 2.28. The summed E-state index contributed by atoms with van der Waals surface area (Å²) < 4.78 is 26.2. The highest BCUT2D eigenvalue weighted by Gasteiger charge is 2.33. The van der Waals surface area contributed by atoms with Gasteiger partial charge in [-0.2, -0.15) is 0 Å². The van der Waals surface area contributed by atoms with E-state index >= 15 is 0 Å². The number of aliphatic hydroxyl groups excluding tert-OH is 1. The Kier molecular flexibility index (Phi) is 6.55. The van der Waals surface area contributed by atoms with E-state index in [0.717, 1.165) is 0 Å². The van der Waals surface area contributed by atoms with Crippen molar-refractivity contribution < 1.29 is 23.5 Å². The second kappa shape index (κ2) is 6.51. The standard InChI is InChI=1S/C7H17O5P/c1-4-11-13(9,12-5-2)7(8)6-10-3/h7-8H,4-6H2,1-3H3/t7-/m1/s1. The van der Waals surface area contributed by atoms with Crippen molar-refractivity contribution in [2.24, 2.45) is 0 Å². The number of aliphatic hydroxyl groups is 1. The first-order valence-corrected chi connectivity index (χ1v) is 5.77. The number of hydrogen-bond donors (Lipinski definition) is 1. The minimum absolute atomic E-state index is 0.0583. The van der Waals surface area contributed by atoms with E-state index < -0.39 is 13.4 Å². The van der Waals surface area contributed by atoms with Crippen LogP contribution in [0, 0.1) is 0 Å². The molecule has 0 aromatic rings. The first-order chi connectivity index (χ1) is 6.10. The lowest BCUT2D eigenvalue weighted by atomic mass is 10.8. The molecule has 6 heteroatoms. The van der Waals surface area contributed by atoms with Gasteiger partial charge in [-0.25, -0.2) is 0 Å². The third kappa shape index (κ3) is 4.20. The van der Waals surface area contributed by atoms with Gasteiger partial charge in [0.15, 0.2) is 5.85 Å². The van der Waals surface area contributed by atoms with Crippen molar-refractivity contribution in [3.63, 3.8) is 0 Å². The normalized spacial score (nSPS) is 14.5. The SMILES string of the molecule is CCOP(=O)(OCC)[C@@H](O)COC. The summed E-state index contributed by atoms with van der Waals surface area (Å²) in [5, 5.41) is 9.39. The zero-order chi connectivity index (χ0) is 10.3. The van der Waals surface area contributed by atoms with Crippen molar-refractivity contribution in [3.8, 4) is 0 Å². The molecule has 0 unspecified atom stereocenters. The van der Waals surface area contributed by atoms with Crippen LogP contribution in [0.5, 0.6) is 0 Å². The zero-order valence-corrected chi connectivity index (χ0v) is 9.12. The molecule has 80 valence electrons. The molecule has 0 bridgehead atoms. The molecule has 0 amide bonds. The predicted molar refractivity (Wildman–Crippen MR) is 48.7 cm³/mol. The van der Waals surface area contributed by atoms with E-state index in [1.807, 2.05) is 0 Å². The molecule has 0 aliphatic rings. The molecule has 13 heavy (non-hydrogen) atoms. The Bertz CT molecular complexity index is 162. The van der Waals surface area contributed by atoms with Crippen molar-refractivity contribution in [2.45, 2.75) is 19.7 Å². The largest absolute Gasteiger partial charge is 0.381 e. The summed E-state index contributed by atoms with van der Waals surface area (Å²) in [5.41, 5.74) is 0. The summed E-state index contributed by atoms with van der Waals surface area (Å²) in [4.78, 5) is 0. The van der Waals surface area contributed by atoms with Gasteiger partial charge in [-0.3, -0.25) is 4.57 Å². The van der Waals surface area contributed by atoms with Gasteiger partial charge in [0.2, 0.25) is 0 Å². The van der Waals surface area contributed by atoms with Crippen LogP contribution in [-0.2, 0) is 18.3 Å². The number of methoxy groups -OCH3 is 1. The Labute approximate surface area is 78.5 Å². The van der Waals surface area contributed by atoms with Gasteiger partial charge in [-0.1, -0.05) is 0 Å². The Morgan fingerprint density at radius 2 is 1.77 bits per heavy atom. The van der Waals surface area contributed by atoms with Gasteiger partial charge >= 0.3 is 7.60 Å². The highest BCUT2D eigenvalue weighted by Crippen LogP contribution is 2.51. The topological polar surface area (TPSA) is 65.0 Å². The number of rotatable bonds is 7. The fraction of sp³-hybridized carbons (Fsp3) is 1.00. The molecule has 0 aliphatic carbocycles. The lowest BCUT2D eigenvalue weighted by molar-refractivity contribution is 0.0782. The molecular formula is C7H17O5P. The van der Waals surface area contributed by atoms with Gasteiger partial charge in [0.05, 0.1) is 19.8 Å². The van der Waals surface area contributed by atoms with Crippen LogP contribution in [0.4, 0.5) is 0 Å². The van der Waals surface area contributed by atoms with E-state index in [1.54, 1.807) is 13.8 Å². The van der Waals surface area contributed by atoms with Gasteiger partial charge in [-0.05, 0) is 13.8 Å². The van der Waals surface area contributed by atoms with E-state index in [4.69, 9.17) is 9.05 Å². The monoisotopic (exact) mass is 212 g/mol. The smallest absolute Gasteiger partial charge is 0.361 e. The van der Waals surface area contributed by atoms with E-state index in [1.165, 1.54) is 7.11 Å². The van der Waals surface area contributed by atoms with Gasteiger partial charge in [0.25, 0.3) is 0 Å². The molecule has 0 spiro atoms. The Morgan fingerprint density at radius 3 is 2.08 bits per heavy atom. The molecule has 0 heterocycles. The van der Waals surface area contributed by atoms with Crippen LogP contribution in [0.25, 0.3) is 0 Å². The van der Waals surface area contributed by atoms with Crippen LogP contribution in [0.1, 0.15) is 13.8 Å². The minimum atomic E-state index is -3.40. The van der Waals surface area contributed by atoms with Crippen LogP contribution < -0.4 is 0 Å². The second-order valence-electron chi connectivity index (χ2n) is 2.31. The highest BCUT2D eigenvalue weighted by atomic mass is 31.2. The quantitative estimate of drug-likeness (QED) is 0.642. The third-order valence-electron chi connectivity index (χ3n) is 1.30. The third-order valence-corrected chi connectivity index (χ3v) is 3.41. The number of hydrogen-bond acceptors (Lipinski definition) is 5. The second-order valence-corrected chi connectivity index (χ2v) is 4.50. The Balaban J connectivity index is 4.28. The molecule has 5 nitrogen and oxygen atoms in total. The molecule has 0 rings (SSSR count). The minimum Gasteiger partial charge on any atom is -0.381 e. The van der Waals surface area contributed by atoms with Crippen LogP contribution in [0.2, 0.25) is 0 Å². The lowest BCUT2D eigenvalue weighted by Crippen LogP contribution is -2.18. The van der Waals surface area contributed by atoms with Gasteiger partial charge < -0.3 is 18.9 Å². The Morgan fingerprint density at radius 1 is 1.31 bits per heavy atom. The first-order valence-electron chi connectivity index (χ1n) is 4.16. The summed E-state index contributed by atoms with van der Waals surface area (Å²) in [5.74, 6) is -1.21. The summed E-state index contributed by atoms with van der Waals surface area (Å²) in [7, 11) is -1.99. The van der Waals surface area contributed by atoms with Crippen LogP contribution in [0.15, 0.2) is 0 Å². The summed E-state index contributed by atoms with van der Waals surface area (Å²) in [6.07, 6.45) is 0. The molecule has 0 aromatic heterocycles. The summed E-state index contributed by atoms with van der Waals surface area (Å²) in [6, 6.07) is 0. The Hall–Kier alpha value is 0.0700. The maximum atomic E-state index is 11.7. The molecule has 1 N–H and O–H groups in total. The van der Waals surface area contributed by atoms with Crippen LogP contribution in [0.3, 0.4) is 0 Å². The van der Waals surface area contributed by atoms with E-state index in [0.29, 0.717) is 0 Å². The summed E-state index contributed by atoms with van der Waals surface area (Å²) >= 11 is 0. The van der Waals surface area contributed by atoms with Crippen molar-refractivity contribution in [2.75, 3.05) is 26.9 Å². The first kappa shape index (κ1) is 13.1. The summed E-state index contributed by atoms with van der Waals surface area (Å²) in [6.45, 7) is 3.78. The molecule has 0 radical (unpaired) electrons. The molecule has 0 aromatic carbocycles. The maximum absolute atomic E-state index is 11.7. The zero-order valence-electron chi connectivity index (χ0n) is 8.23. The van der Waals surface area contributed by atoms with E-state index in [9.17, 15) is 9.67 Å². The van der Waals surface area contributed by atoms with Crippen LogP contribution >= 0.6 is 7.60 Å². The van der Waals surface area contributed by atoms with Crippen molar-refractivity contribution >= 4 is 7.60 Å². The molecule has 0 saturated heterocycles. The van der Waals surface area contributed by atoms with Crippen molar-refractivity contribution in [1.29, 1.82) is 0 Å².